The van der Waals surface area contributed by atoms with E-state index in [9.17, 15) is 0 Å². The maximum Gasteiger partial charge on any atom is 0.0454 e. The van der Waals surface area contributed by atoms with E-state index in [0.717, 1.165) is 19.8 Å². The summed E-state index contributed by atoms with van der Waals surface area (Å²) < 4.78 is 0. The topological polar surface area (TPSA) is 24.1 Å². The molecule has 1 atom stereocenters. The third-order valence-electron chi connectivity index (χ3n) is 1.37. The van der Waals surface area contributed by atoms with E-state index in [1.165, 1.54) is 0 Å². The van der Waals surface area contributed by atoms with Crippen LogP contribution in [-0.4, -0.2) is 19.8 Å². The van der Waals surface area contributed by atoms with Gasteiger partial charge in [-0.2, -0.15) is 0 Å². The normalized spacial score (nSPS) is 13.0. The third-order valence-corrected chi connectivity index (χ3v) is 1.37. The Morgan fingerprint density at radius 1 is 1.50 bits per heavy atom. The number of hydrogen-bond acceptors (Lipinski definition) is 2. The summed E-state index contributed by atoms with van der Waals surface area (Å²) >= 11 is 0. The quantitative estimate of drug-likeness (QED) is 0.328. The number of hydrogen-bond donors (Lipinski definition) is 2. The Labute approximate surface area is 63.7 Å². The molecule has 0 heterocycles. The first-order valence-electron chi connectivity index (χ1n) is 3.85. The molecule has 0 aromatic carbocycles. The molecule has 0 saturated carbocycles. The minimum atomic E-state index is 0.568. The van der Waals surface area contributed by atoms with Crippen LogP contribution < -0.4 is 10.6 Å². The smallest absolute Gasteiger partial charge is 0.0454 e. The summed E-state index contributed by atoms with van der Waals surface area (Å²) in [6.07, 6.45) is 1.96. The lowest BCUT2D eigenvalue weighted by molar-refractivity contribution is 0.549. The minimum absolute atomic E-state index is 0.568. The fourth-order valence-electron chi connectivity index (χ4n) is 0.597. The summed E-state index contributed by atoms with van der Waals surface area (Å²) in [5, 5.41) is 6.44. The van der Waals surface area contributed by atoms with Crippen LogP contribution in [0.15, 0.2) is 12.7 Å². The van der Waals surface area contributed by atoms with Crippen molar-refractivity contribution in [3.63, 3.8) is 0 Å². The van der Waals surface area contributed by atoms with Crippen molar-refractivity contribution >= 4 is 0 Å². The molecule has 1 unspecified atom stereocenters. The predicted octanol–water partition coefficient (Wildman–Crippen LogP) is 0.965. The van der Waals surface area contributed by atoms with E-state index >= 15 is 0 Å². The second-order valence-electron chi connectivity index (χ2n) is 2.45. The summed E-state index contributed by atoms with van der Waals surface area (Å²) in [4.78, 5) is 0. The second kappa shape index (κ2) is 6.78. The first kappa shape index (κ1) is 9.66. The molecule has 0 amide bonds. The van der Waals surface area contributed by atoms with E-state index in [1.54, 1.807) is 0 Å². The monoisotopic (exact) mass is 142 g/mol. The van der Waals surface area contributed by atoms with Gasteiger partial charge in [0, 0.05) is 13.2 Å². The van der Waals surface area contributed by atoms with Gasteiger partial charge in [0.1, 0.15) is 0 Å². The Morgan fingerprint density at radius 2 is 2.20 bits per heavy atom. The summed E-state index contributed by atoms with van der Waals surface area (Å²) in [6, 6.07) is 0. The van der Waals surface area contributed by atoms with Crippen molar-refractivity contribution < 1.29 is 0 Å². The molecule has 0 aliphatic heterocycles. The van der Waals surface area contributed by atoms with Gasteiger partial charge in [-0.1, -0.05) is 19.9 Å². The van der Waals surface area contributed by atoms with E-state index in [4.69, 9.17) is 0 Å². The Balaban J connectivity index is 2.95. The zero-order valence-corrected chi connectivity index (χ0v) is 6.98. The van der Waals surface area contributed by atoms with Crippen LogP contribution in [-0.2, 0) is 0 Å². The first-order chi connectivity index (χ1) is 4.81. The Kier molecular flexibility index (Phi) is 6.55. The van der Waals surface area contributed by atoms with Gasteiger partial charge in [-0.25, -0.2) is 0 Å². The van der Waals surface area contributed by atoms with Crippen LogP contribution in [0.5, 0.6) is 0 Å². The maximum atomic E-state index is 3.70. The molecule has 0 spiro atoms. The largest absolute Gasteiger partial charge is 0.305 e. The van der Waals surface area contributed by atoms with Gasteiger partial charge in [0.05, 0.1) is 0 Å². The van der Waals surface area contributed by atoms with Gasteiger partial charge in [0.15, 0.2) is 0 Å². The molecule has 0 aliphatic rings. The zero-order chi connectivity index (χ0) is 7.82. The molecular weight excluding hydrogens is 124 g/mol. The lowest BCUT2D eigenvalue weighted by atomic mass is 10.2. The highest BCUT2D eigenvalue weighted by molar-refractivity contribution is 4.76. The van der Waals surface area contributed by atoms with Gasteiger partial charge in [0.25, 0.3) is 0 Å². The molecule has 2 N–H and O–H groups in total. The molecule has 0 radical (unpaired) electrons. The van der Waals surface area contributed by atoms with Gasteiger partial charge in [0.2, 0.25) is 0 Å². The predicted molar refractivity (Wildman–Crippen MR) is 45.9 cm³/mol. The maximum absolute atomic E-state index is 3.70. The average molecular weight is 142 g/mol. The van der Waals surface area contributed by atoms with E-state index in [0.29, 0.717) is 5.92 Å². The van der Waals surface area contributed by atoms with Crippen molar-refractivity contribution in [3.05, 3.63) is 12.7 Å². The molecule has 0 bridgehead atoms. The van der Waals surface area contributed by atoms with Crippen LogP contribution in [0.25, 0.3) is 0 Å². The standard InChI is InChI=1S/C8H18N2/c1-4-8(3)6-10-7-9-5-2/h4,8-10H,1,5-7H2,2-3H3. The molecule has 10 heavy (non-hydrogen) atoms. The average Bonchev–Trinajstić information content (AvgIpc) is 1.98. The first-order valence-corrected chi connectivity index (χ1v) is 3.85. The van der Waals surface area contributed by atoms with Crippen molar-refractivity contribution in [2.75, 3.05) is 19.8 Å². The summed E-state index contributed by atoms with van der Waals surface area (Å²) in [7, 11) is 0. The third kappa shape index (κ3) is 5.79. The molecule has 0 aromatic heterocycles. The van der Waals surface area contributed by atoms with Gasteiger partial charge in [-0.05, 0) is 12.5 Å². The van der Waals surface area contributed by atoms with Crippen molar-refractivity contribution in [2.45, 2.75) is 13.8 Å². The van der Waals surface area contributed by atoms with Crippen LogP contribution in [0.1, 0.15) is 13.8 Å². The summed E-state index contributed by atoms with van der Waals surface area (Å²) in [5.74, 6) is 0.568. The molecule has 60 valence electrons. The highest BCUT2D eigenvalue weighted by atomic mass is 15.0. The minimum Gasteiger partial charge on any atom is -0.305 e. The van der Waals surface area contributed by atoms with Crippen LogP contribution in [0.4, 0.5) is 0 Å². The van der Waals surface area contributed by atoms with Gasteiger partial charge < -0.3 is 10.6 Å². The van der Waals surface area contributed by atoms with Gasteiger partial charge in [-0.3, -0.25) is 0 Å². The van der Waals surface area contributed by atoms with Crippen LogP contribution in [0.2, 0.25) is 0 Å². The van der Waals surface area contributed by atoms with Crippen LogP contribution in [0.3, 0.4) is 0 Å². The van der Waals surface area contributed by atoms with Crippen molar-refractivity contribution in [1.82, 2.24) is 10.6 Å². The molecule has 0 saturated heterocycles. The number of rotatable bonds is 6. The molecule has 0 rings (SSSR count). The number of nitrogens with one attached hydrogen (secondary N) is 2. The van der Waals surface area contributed by atoms with Crippen molar-refractivity contribution in [2.24, 2.45) is 5.92 Å². The summed E-state index contributed by atoms with van der Waals surface area (Å²) in [6.45, 7) is 10.9. The highest BCUT2D eigenvalue weighted by Crippen LogP contribution is 1.90. The van der Waals surface area contributed by atoms with E-state index in [1.807, 2.05) is 6.08 Å². The van der Waals surface area contributed by atoms with E-state index < -0.39 is 0 Å². The lowest BCUT2D eigenvalue weighted by Crippen LogP contribution is -2.31. The molecule has 2 heteroatoms. The van der Waals surface area contributed by atoms with E-state index in [2.05, 4.69) is 31.1 Å². The highest BCUT2D eigenvalue weighted by Gasteiger charge is 1.92. The molecular formula is C8H18N2. The molecule has 0 aromatic rings. The Hall–Kier alpha value is -0.340. The zero-order valence-electron chi connectivity index (χ0n) is 6.98. The van der Waals surface area contributed by atoms with Crippen molar-refractivity contribution in [1.29, 1.82) is 0 Å². The molecule has 0 aliphatic carbocycles. The molecule has 0 fully saturated rings. The van der Waals surface area contributed by atoms with Gasteiger partial charge >= 0.3 is 0 Å². The SMILES string of the molecule is C=CC(C)CNCNCC. The molecule has 2 nitrogen and oxygen atoms in total. The lowest BCUT2D eigenvalue weighted by Gasteiger charge is -2.07. The summed E-state index contributed by atoms with van der Waals surface area (Å²) in [5.41, 5.74) is 0. The van der Waals surface area contributed by atoms with Crippen LogP contribution >= 0.6 is 0 Å². The van der Waals surface area contributed by atoms with Gasteiger partial charge in [-0.15, -0.1) is 6.58 Å². The van der Waals surface area contributed by atoms with E-state index in [-0.39, 0.29) is 0 Å². The second-order valence-corrected chi connectivity index (χ2v) is 2.45. The fourth-order valence-corrected chi connectivity index (χ4v) is 0.597. The Morgan fingerprint density at radius 3 is 2.70 bits per heavy atom. The Bertz CT molecular complexity index is 81.3. The fraction of sp³-hybridized carbons (Fsp3) is 0.750. The van der Waals surface area contributed by atoms with Crippen molar-refractivity contribution in [3.8, 4) is 0 Å². The van der Waals surface area contributed by atoms with Crippen LogP contribution in [0, 0.1) is 5.92 Å².